The van der Waals surface area contributed by atoms with Crippen molar-refractivity contribution in [1.29, 1.82) is 0 Å². The summed E-state index contributed by atoms with van der Waals surface area (Å²) in [6, 6.07) is 1.95. The molecule has 2 atom stereocenters. The number of β-amino-alcohol motifs (C(OH)–C–C–N with tert-alkyl or cyclic N) is 1. The van der Waals surface area contributed by atoms with Gasteiger partial charge in [-0.1, -0.05) is 0 Å². The molecule has 1 N–H and O–H groups in total. The topological polar surface area (TPSA) is 86.6 Å². The molecule has 7 nitrogen and oxygen atoms in total. The second kappa shape index (κ2) is 5.73. The van der Waals surface area contributed by atoms with Gasteiger partial charge in [-0.2, -0.15) is 0 Å². The van der Waals surface area contributed by atoms with Crippen LogP contribution in [0.4, 0.5) is 5.82 Å². The van der Waals surface area contributed by atoms with E-state index in [-0.39, 0.29) is 11.7 Å². The molecule has 0 amide bonds. The second-order valence-corrected chi connectivity index (χ2v) is 8.75. The van der Waals surface area contributed by atoms with Crippen LogP contribution in [0, 0.1) is 5.92 Å². The number of aromatic nitrogens is 2. The molecule has 0 aromatic carbocycles. The first kappa shape index (κ1) is 15.6. The Hall–Kier alpha value is -1.29. The summed E-state index contributed by atoms with van der Waals surface area (Å²) in [6.07, 6.45) is 0.822. The average molecular weight is 342 g/mol. The zero-order valence-corrected chi connectivity index (χ0v) is 14.0. The summed E-state index contributed by atoms with van der Waals surface area (Å²) in [5.74, 6) is 0.376. The third-order valence-corrected chi connectivity index (χ3v) is 6.71. The van der Waals surface area contributed by atoms with Gasteiger partial charge in [0.15, 0.2) is 0 Å². The van der Waals surface area contributed by atoms with Gasteiger partial charge in [0.05, 0.1) is 17.2 Å². The van der Waals surface area contributed by atoms with E-state index in [0.29, 0.717) is 13.1 Å². The van der Waals surface area contributed by atoms with Gasteiger partial charge in [0.1, 0.15) is 17.0 Å². The lowest BCUT2D eigenvalue weighted by molar-refractivity contribution is 0.157. The van der Waals surface area contributed by atoms with E-state index in [1.54, 1.807) is 0 Å². The van der Waals surface area contributed by atoms with E-state index >= 15 is 0 Å². The number of rotatable bonds is 4. The van der Waals surface area contributed by atoms with Gasteiger partial charge < -0.3 is 10.0 Å². The van der Waals surface area contributed by atoms with E-state index in [2.05, 4.69) is 9.97 Å². The first-order valence-corrected chi connectivity index (χ1v) is 9.39. The maximum atomic E-state index is 12.0. The third-order valence-electron chi connectivity index (χ3n) is 3.93. The number of hydrogen-bond donors (Lipinski definition) is 1. The SMILES string of the molecule is CN(C)S(=O)(=O)C[C@@H]1CN(c2ncnc3sccc23)C[C@H]1O. The van der Waals surface area contributed by atoms with Crippen molar-refractivity contribution >= 4 is 37.4 Å². The predicted molar refractivity (Wildman–Crippen MR) is 86.6 cm³/mol. The van der Waals surface area contributed by atoms with Gasteiger partial charge in [-0.25, -0.2) is 22.7 Å². The molecule has 1 aliphatic heterocycles. The van der Waals surface area contributed by atoms with Crippen LogP contribution in [-0.4, -0.2) is 66.8 Å². The highest BCUT2D eigenvalue weighted by Crippen LogP contribution is 2.31. The maximum absolute atomic E-state index is 12.0. The van der Waals surface area contributed by atoms with Crippen LogP contribution < -0.4 is 4.90 Å². The number of sulfonamides is 1. The first-order chi connectivity index (χ1) is 10.4. The van der Waals surface area contributed by atoms with E-state index in [9.17, 15) is 13.5 Å². The Kier molecular flexibility index (Phi) is 4.06. The highest BCUT2D eigenvalue weighted by atomic mass is 32.2. The summed E-state index contributed by atoms with van der Waals surface area (Å²) in [5, 5.41) is 13.1. The normalized spacial score (nSPS) is 22.8. The van der Waals surface area contributed by atoms with Gasteiger partial charge in [-0.05, 0) is 11.4 Å². The van der Waals surface area contributed by atoms with Crippen LogP contribution in [0.3, 0.4) is 0 Å². The van der Waals surface area contributed by atoms with Gasteiger partial charge in [-0.3, -0.25) is 0 Å². The Morgan fingerprint density at radius 2 is 2.18 bits per heavy atom. The van der Waals surface area contributed by atoms with Crippen LogP contribution in [0.15, 0.2) is 17.8 Å². The molecule has 0 unspecified atom stereocenters. The fourth-order valence-electron chi connectivity index (χ4n) is 2.64. The molecule has 3 rings (SSSR count). The molecule has 9 heteroatoms. The molecule has 1 fully saturated rings. The molecular formula is C13H18N4O3S2. The molecular weight excluding hydrogens is 324 g/mol. The summed E-state index contributed by atoms with van der Waals surface area (Å²) in [5.41, 5.74) is 0. The van der Waals surface area contributed by atoms with Crippen molar-refractivity contribution in [3.8, 4) is 0 Å². The van der Waals surface area contributed by atoms with Crippen LogP contribution in [0.5, 0.6) is 0 Å². The summed E-state index contributed by atoms with van der Waals surface area (Å²) in [7, 11) is -0.320. The lowest BCUT2D eigenvalue weighted by Crippen LogP contribution is -2.33. The molecule has 0 saturated carbocycles. The largest absolute Gasteiger partial charge is 0.391 e. The Morgan fingerprint density at radius 3 is 2.91 bits per heavy atom. The molecule has 120 valence electrons. The van der Waals surface area contributed by atoms with Crippen LogP contribution in [0.1, 0.15) is 0 Å². The minimum Gasteiger partial charge on any atom is -0.391 e. The van der Waals surface area contributed by atoms with E-state index in [1.807, 2.05) is 16.3 Å². The van der Waals surface area contributed by atoms with Crippen molar-refractivity contribution in [3.63, 3.8) is 0 Å². The van der Waals surface area contributed by atoms with Crippen molar-refractivity contribution in [1.82, 2.24) is 14.3 Å². The predicted octanol–water partition coefficient (Wildman–Crippen LogP) is 0.380. The van der Waals surface area contributed by atoms with E-state index in [4.69, 9.17) is 0 Å². The van der Waals surface area contributed by atoms with E-state index < -0.39 is 16.1 Å². The Labute approximate surface area is 133 Å². The smallest absolute Gasteiger partial charge is 0.214 e. The zero-order valence-electron chi connectivity index (χ0n) is 12.4. The molecule has 2 aromatic rings. The summed E-state index contributed by atoms with van der Waals surface area (Å²) in [4.78, 5) is 11.4. The van der Waals surface area contributed by atoms with Crippen molar-refractivity contribution in [2.75, 3.05) is 37.8 Å². The van der Waals surface area contributed by atoms with Crippen molar-refractivity contribution in [3.05, 3.63) is 17.8 Å². The van der Waals surface area contributed by atoms with Gasteiger partial charge in [0.25, 0.3) is 0 Å². The third kappa shape index (κ3) is 2.81. The highest BCUT2D eigenvalue weighted by molar-refractivity contribution is 7.89. The van der Waals surface area contributed by atoms with E-state index in [1.165, 1.54) is 36.1 Å². The lowest BCUT2D eigenvalue weighted by Gasteiger charge is -2.18. The molecule has 0 bridgehead atoms. The second-order valence-electron chi connectivity index (χ2n) is 5.63. The number of aliphatic hydroxyl groups is 1. The molecule has 22 heavy (non-hydrogen) atoms. The van der Waals surface area contributed by atoms with Crippen molar-refractivity contribution < 1.29 is 13.5 Å². The fourth-order valence-corrected chi connectivity index (χ4v) is 4.53. The van der Waals surface area contributed by atoms with Gasteiger partial charge in [0, 0.05) is 33.1 Å². The first-order valence-electron chi connectivity index (χ1n) is 6.90. The molecule has 0 spiro atoms. The van der Waals surface area contributed by atoms with Gasteiger partial charge >= 0.3 is 0 Å². The quantitative estimate of drug-likeness (QED) is 0.864. The number of anilines is 1. The van der Waals surface area contributed by atoms with Crippen molar-refractivity contribution in [2.45, 2.75) is 6.10 Å². The molecule has 0 aliphatic carbocycles. The van der Waals surface area contributed by atoms with Gasteiger partial charge in [-0.15, -0.1) is 11.3 Å². The Morgan fingerprint density at radius 1 is 1.41 bits per heavy atom. The summed E-state index contributed by atoms with van der Waals surface area (Å²) < 4.78 is 25.2. The van der Waals surface area contributed by atoms with Crippen LogP contribution in [0.25, 0.3) is 10.2 Å². The zero-order chi connectivity index (χ0) is 15.9. The number of aliphatic hydroxyl groups excluding tert-OH is 1. The minimum absolute atomic E-state index is 0.0600. The lowest BCUT2D eigenvalue weighted by atomic mass is 10.1. The number of thiophene rings is 1. The minimum atomic E-state index is -3.34. The van der Waals surface area contributed by atoms with Gasteiger partial charge in [0.2, 0.25) is 10.0 Å². The Bertz CT molecular complexity index is 774. The number of fused-ring (bicyclic) bond motifs is 1. The summed E-state index contributed by atoms with van der Waals surface area (Å²) in [6.45, 7) is 0.853. The molecule has 0 radical (unpaired) electrons. The van der Waals surface area contributed by atoms with Crippen LogP contribution >= 0.6 is 11.3 Å². The number of hydrogen-bond acceptors (Lipinski definition) is 7. The van der Waals surface area contributed by atoms with Crippen LogP contribution in [-0.2, 0) is 10.0 Å². The molecule has 1 aliphatic rings. The maximum Gasteiger partial charge on any atom is 0.214 e. The molecule has 2 aromatic heterocycles. The van der Waals surface area contributed by atoms with E-state index in [0.717, 1.165) is 16.0 Å². The standard InChI is InChI=1S/C13H18N4O3S2/c1-16(2)22(19,20)7-9-5-17(6-11(9)18)12-10-3-4-21-13(10)15-8-14-12/h3-4,8-9,11,18H,5-7H2,1-2H3/t9-,11+/m0/s1. The monoisotopic (exact) mass is 342 g/mol. The average Bonchev–Trinajstić information content (AvgIpc) is 3.05. The number of nitrogens with zero attached hydrogens (tertiary/aromatic N) is 4. The fraction of sp³-hybridized carbons (Fsp3) is 0.538. The van der Waals surface area contributed by atoms with Crippen LogP contribution in [0.2, 0.25) is 0 Å². The Balaban J connectivity index is 1.83. The molecule has 3 heterocycles. The van der Waals surface area contributed by atoms with Crippen molar-refractivity contribution in [2.24, 2.45) is 5.92 Å². The summed E-state index contributed by atoms with van der Waals surface area (Å²) >= 11 is 1.53. The highest BCUT2D eigenvalue weighted by Gasteiger charge is 2.36. The molecule has 1 saturated heterocycles.